The number of rotatable bonds is 3. The molecule has 196 valence electrons. The summed E-state index contributed by atoms with van der Waals surface area (Å²) < 4.78 is 0.673. The van der Waals surface area contributed by atoms with Gasteiger partial charge in [-0.2, -0.15) is 0 Å². The Hall–Kier alpha value is -4.11. The van der Waals surface area contributed by atoms with E-state index in [1.807, 2.05) is 6.08 Å². The zero-order valence-corrected chi connectivity index (χ0v) is 22.3. The molecule has 6 rings (SSSR count). The standard InChI is InChI=1S/C30H22BrNO7/c1-13-9-23(34)21-12-19-17(24(26(21)27(13)35)20-11-15(31)5-8-22(20)33)6-7-18-25(19)29(37)32(28(18)36)16-4-2-3-14(10-16)30(38)39/h2-6,8-11,18-19,24-25,33H,7,12H2,1H3,(H,38,39)/t18-,19+,24+,25-/m0/s1. The lowest BCUT2D eigenvalue weighted by Gasteiger charge is -2.42. The van der Waals surface area contributed by atoms with E-state index in [9.17, 15) is 34.2 Å². The molecule has 0 unspecified atom stereocenters. The lowest BCUT2D eigenvalue weighted by Crippen LogP contribution is -2.39. The summed E-state index contributed by atoms with van der Waals surface area (Å²) in [6.07, 6.45) is 3.53. The summed E-state index contributed by atoms with van der Waals surface area (Å²) in [5, 5.41) is 20.3. The zero-order chi connectivity index (χ0) is 27.7. The van der Waals surface area contributed by atoms with Crippen LogP contribution in [0.3, 0.4) is 0 Å². The number of ketones is 2. The molecule has 2 aromatic rings. The fraction of sp³-hybridized carbons (Fsp3) is 0.233. The number of phenolic OH excluding ortho intramolecular Hbond substituents is 1. The van der Waals surface area contributed by atoms with Gasteiger partial charge in [0, 0.05) is 32.7 Å². The summed E-state index contributed by atoms with van der Waals surface area (Å²) in [6.45, 7) is 1.58. The summed E-state index contributed by atoms with van der Waals surface area (Å²) in [5.41, 5.74) is 2.20. The molecular formula is C30H22BrNO7. The van der Waals surface area contributed by atoms with Gasteiger partial charge in [0.2, 0.25) is 11.8 Å². The Bertz CT molecular complexity index is 1630. The van der Waals surface area contributed by atoms with Gasteiger partial charge in [0.05, 0.1) is 23.1 Å². The number of amides is 2. The quantitative estimate of drug-likeness (QED) is 0.307. The van der Waals surface area contributed by atoms with Crippen LogP contribution in [0.15, 0.2) is 81.4 Å². The highest BCUT2D eigenvalue weighted by molar-refractivity contribution is 9.10. The van der Waals surface area contributed by atoms with E-state index in [0.717, 1.165) is 10.5 Å². The molecule has 3 aliphatic carbocycles. The molecule has 8 nitrogen and oxygen atoms in total. The monoisotopic (exact) mass is 587 g/mol. The molecule has 2 aromatic carbocycles. The van der Waals surface area contributed by atoms with Crippen LogP contribution in [0.2, 0.25) is 0 Å². The van der Waals surface area contributed by atoms with Crippen molar-refractivity contribution in [2.45, 2.75) is 25.7 Å². The number of carboxylic acid groups (broad SMARTS) is 1. The minimum Gasteiger partial charge on any atom is -0.508 e. The van der Waals surface area contributed by atoms with E-state index in [4.69, 9.17) is 0 Å². The number of carbonyl (C=O) groups excluding carboxylic acids is 4. The normalized spacial score (nSPS) is 26.2. The maximum Gasteiger partial charge on any atom is 0.335 e. The van der Waals surface area contributed by atoms with E-state index < -0.39 is 41.5 Å². The first-order valence-corrected chi connectivity index (χ1v) is 13.3. The average Bonchev–Trinajstić information content (AvgIpc) is 3.17. The number of halogens is 1. The number of benzene rings is 2. The van der Waals surface area contributed by atoms with Crippen LogP contribution in [-0.2, 0) is 19.2 Å². The summed E-state index contributed by atoms with van der Waals surface area (Å²) in [5.74, 6) is -5.52. The van der Waals surface area contributed by atoms with E-state index in [0.29, 0.717) is 26.8 Å². The third kappa shape index (κ3) is 3.75. The van der Waals surface area contributed by atoms with Gasteiger partial charge in [0.1, 0.15) is 5.75 Å². The molecule has 0 saturated carbocycles. The van der Waals surface area contributed by atoms with Crippen molar-refractivity contribution >= 4 is 51.0 Å². The van der Waals surface area contributed by atoms with Crippen LogP contribution >= 0.6 is 15.9 Å². The number of aromatic carboxylic acids is 1. The van der Waals surface area contributed by atoms with Crippen LogP contribution < -0.4 is 4.90 Å². The first-order valence-electron chi connectivity index (χ1n) is 12.5. The molecule has 0 aromatic heterocycles. The molecule has 1 saturated heterocycles. The number of nitrogens with zero attached hydrogens (tertiary/aromatic N) is 1. The molecule has 0 spiro atoms. The lowest BCUT2D eigenvalue weighted by atomic mass is 9.59. The fourth-order valence-corrected chi connectivity index (χ4v) is 6.88. The maximum atomic E-state index is 13.9. The maximum absolute atomic E-state index is 13.9. The van der Waals surface area contributed by atoms with Crippen LogP contribution in [0.1, 0.15) is 41.6 Å². The zero-order valence-electron chi connectivity index (χ0n) is 20.7. The first kappa shape index (κ1) is 25.2. The van der Waals surface area contributed by atoms with Crippen LogP contribution in [0.5, 0.6) is 5.75 Å². The molecule has 1 fully saturated rings. The second kappa shape index (κ2) is 8.98. The van der Waals surface area contributed by atoms with E-state index >= 15 is 0 Å². The molecule has 4 atom stereocenters. The van der Waals surface area contributed by atoms with Gasteiger partial charge in [-0.25, -0.2) is 4.79 Å². The highest BCUT2D eigenvalue weighted by Gasteiger charge is 2.56. The van der Waals surface area contributed by atoms with Crippen LogP contribution in [0, 0.1) is 17.8 Å². The SMILES string of the molecule is CC1=CC(=O)C2=C(C1=O)[C@@H](c1cc(Br)ccc1O)C1=CC[C@@H]3C(=O)N(c4cccc(C(=O)O)c4)C(=O)[C@@H]3[C@@H]1C2. The minimum absolute atomic E-state index is 0.0482. The van der Waals surface area contributed by atoms with Gasteiger partial charge in [-0.1, -0.05) is 33.6 Å². The Balaban J connectivity index is 1.49. The molecule has 1 aliphatic heterocycles. The highest BCUT2D eigenvalue weighted by atomic mass is 79.9. The van der Waals surface area contributed by atoms with Crippen LogP contribution in [-0.4, -0.2) is 39.6 Å². The molecule has 4 aliphatic rings. The van der Waals surface area contributed by atoms with Gasteiger partial charge in [0.15, 0.2) is 11.6 Å². The highest BCUT2D eigenvalue weighted by Crippen LogP contribution is 2.56. The number of hydrogen-bond donors (Lipinski definition) is 2. The first-order chi connectivity index (χ1) is 18.6. The third-order valence-corrected chi connectivity index (χ3v) is 8.71. The summed E-state index contributed by atoms with van der Waals surface area (Å²) >= 11 is 3.43. The van der Waals surface area contributed by atoms with Gasteiger partial charge in [0.25, 0.3) is 0 Å². The number of anilines is 1. The number of Topliss-reactive ketones (excluding diaryl/α,β-unsaturated/α-hetero) is 1. The van der Waals surface area contributed by atoms with Gasteiger partial charge in [-0.3, -0.25) is 24.1 Å². The van der Waals surface area contributed by atoms with Gasteiger partial charge >= 0.3 is 5.97 Å². The van der Waals surface area contributed by atoms with Gasteiger partial charge in [-0.05, 0) is 68.2 Å². The van der Waals surface area contributed by atoms with Crippen LogP contribution in [0.4, 0.5) is 5.69 Å². The van der Waals surface area contributed by atoms with Crippen molar-refractivity contribution in [3.63, 3.8) is 0 Å². The number of fused-ring (bicyclic) bond motifs is 3. The molecule has 0 radical (unpaired) electrons. The largest absolute Gasteiger partial charge is 0.508 e. The molecule has 0 bridgehead atoms. The second-order valence-electron chi connectivity index (χ2n) is 10.3. The molecule has 2 amide bonds. The molecule has 9 heteroatoms. The fourth-order valence-electron chi connectivity index (χ4n) is 6.51. The van der Waals surface area contributed by atoms with Crippen LogP contribution in [0.25, 0.3) is 0 Å². The van der Waals surface area contributed by atoms with Crippen molar-refractivity contribution in [1.82, 2.24) is 0 Å². The number of allylic oxidation sites excluding steroid dienone is 6. The number of phenols is 1. The van der Waals surface area contributed by atoms with Crippen molar-refractivity contribution in [3.8, 4) is 5.75 Å². The number of imide groups is 1. The lowest BCUT2D eigenvalue weighted by molar-refractivity contribution is -0.123. The molecule has 1 heterocycles. The van der Waals surface area contributed by atoms with Gasteiger partial charge in [-0.15, -0.1) is 0 Å². The number of aromatic hydroxyl groups is 1. The smallest absolute Gasteiger partial charge is 0.335 e. The van der Waals surface area contributed by atoms with Gasteiger partial charge < -0.3 is 10.2 Å². The Labute approximate surface area is 231 Å². The van der Waals surface area contributed by atoms with E-state index in [2.05, 4.69) is 15.9 Å². The Morgan fingerprint density at radius 1 is 1.03 bits per heavy atom. The minimum atomic E-state index is -1.18. The Kier molecular flexibility index (Phi) is 5.80. The van der Waals surface area contributed by atoms with Crippen molar-refractivity contribution < 1.29 is 34.2 Å². The average molecular weight is 588 g/mol. The van der Waals surface area contributed by atoms with E-state index in [-0.39, 0.29) is 41.4 Å². The van der Waals surface area contributed by atoms with Crippen molar-refractivity contribution in [3.05, 3.63) is 92.5 Å². The molecular weight excluding hydrogens is 566 g/mol. The summed E-state index contributed by atoms with van der Waals surface area (Å²) in [6, 6.07) is 10.6. The Morgan fingerprint density at radius 2 is 1.79 bits per heavy atom. The Morgan fingerprint density at radius 3 is 2.54 bits per heavy atom. The van der Waals surface area contributed by atoms with Crippen molar-refractivity contribution in [1.29, 1.82) is 0 Å². The van der Waals surface area contributed by atoms with E-state index in [1.54, 1.807) is 19.1 Å². The predicted molar refractivity (Wildman–Crippen MR) is 143 cm³/mol. The molecule has 2 N–H and O–H groups in total. The van der Waals surface area contributed by atoms with E-state index in [1.165, 1.54) is 36.4 Å². The van der Waals surface area contributed by atoms with Crippen molar-refractivity contribution in [2.24, 2.45) is 17.8 Å². The summed E-state index contributed by atoms with van der Waals surface area (Å²) in [4.78, 5) is 66.7. The second-order valence-corrected chi connectivity index (χ2v) is 11.2. The summed E-state index contributed by atoms with van der Waals surface area (Å²) in [7, 11) is 0. The molecule has 39 heavy (non-hydrogen) atoms. The number of carboxylic acids is 1. The van der Waals surface area contributed by atoms with Crippen molar-refractivity contribution in [2.75, 3.05) is 4.90 Å². The third-order valence-electron chi connectivity index (χ3n) is 8.22. The number of hydrogen-bond acceptors (Lipinski definition) is 6. The topological polar surface area (TPSA) is 129 Å². The number of carbonyl (C=O) groups is 5. The predicted octanol–water partition coefficient (Wildman–Crippen LogP) is 4.49.